The number of hydrogen-bond acceptors (Lipinski definition) is 6. The van der Waals surface area contributed by atoms with Gasteiger partial charge in [0.1, 0.15) is 10.4 Å². The van der Waals surface area contributed by atoms with Gasteiger partial charge in [-0.25, -0.2) is 0 Å². The van der Waals surface area contributed by atoms with Gasteiger partial charge in [-0.3, -0.25) is 14.9 Å². The van der Waals surface area contributed by atoms with Gasteiger partial charge < -0.3 is 9.15 Å². The van der Waals surface area contributed by atoms with Crippen LogP contribution in [0.4, 0.5) is 5.88 Å². The Labute approximate surface area is 179 Å². The van der Waals surface area contributed by atoms with Gasteiger partial charge in [0.05, 0.1) is 17.6 Å². The van der Waals surface area contributed by atoms with E-state index in [1.807, 2.05) is 29.6 Å². The number of carbonyl (C=O) groups excluding carboxylic acids is 1. The van der Waals surface area contributed by atoms with Crippen molar-refractivity contribution in [1.82, 2.24) is 0 Å². The van der Waals surface area contributed by atoms with E-state index in [2.05, 4.69) is 5.32 Å². The van der Waals surface area contributed by atoms with Gasteiger partial charge in [-0.05, 0) is 41.3 Å². The molecule has 3 aromatic heterocycles. The van der Waals surface area contributed by atoms with Gasteiger partial charge >= 0.3 is 0 Å². The molecule has 0 atom stereocenters. The van der Waals surface area contributed by atoms with Crippen molar-refractivity contribution in [2.24, 2.45) is 0 Å². The lowest BCUT2D eigenvalue weighted by Crippen LogP contribution is -2.15. The van der Waals surface area contributed by atoms with Crippen LogP contribution < -0.4 is 15.5 Å². The fraction of sp³-hybridized carbons (Fsp3) is 0.0435. The second kappa shape index (κ2) is 7.44. The number of rotatable bonds is 4. The van der Waals surface area contributed by atoms with E-state index in [1.165, 1.54) is 22.7 Å². The predicted octanol–water partition coefficient (Wildman–Crippen LogP) is 6.00. The minimum atomic E-state index is -0.318. The summed E-state index contributed by atoms with van der Waals surface area (Å²) in [5.74, 6) is 0.497. The summed E-state index contributed by atoms with van der Waals surface area (Å²) >= 11 is 2.71. The largest absolute Gasteiger partial charge is 0.497 e. The molecule has 0 fully saturated rings. The highest BCUT2D eigenvalue weighted by Gasteiger charge is 2.22. The zero-order valence-corrected chi connectivity index (χ0v) is 17.4. The van der Waals surface area contributed by atoms with E-state index in [0.29, 0.717) is 32.0 Å². The van der Waals surface area contributed by atoms with Crippen LogP contribution in [0.1, 0.15) is 9.67 Å². The number of nitrogens with one attached hydrogen (secondary N) is 1. The number of hydrogen-bond donors (Lipinski definition) is 1. The van der Waals surface area contributed by atoms with E-state index in [0.717, 1.165) is 10.1 Å². The van der Waals surface area contributed by atoms with Crippen LogP contribution in [0.5, 0.6) is 5.75 Å². The smallest absolute Gasteiger partial charge is 0.268 e. The van der Waals surface area contributed by atoms with E-state index < -0.39 is 0 Å². The SMILES string of the molecule is COc1ccc(-c2c(NC(=O)c3cccs3)oc3c(sc4ccccc43)c2=O)cc1. The number of fused-ring (bicyclic) bond motifs is 3. The van der Waals surface area contributed by atoms with Crippen molar-refractivity contribution in [3.8, 4) is 16.9 Å². The maximum atomic E-state index is 13.5. The lowest BCUT2D eigenvalue weighted by atomic mass is 10.1. The highest BCUT2D eigenvalue weighted by atomic mass is 32.1. The molecule has 0 spiro atoms. The molecule has 5 rings (SSSR count). The monoisotopic (exact) mass is 433 g/mol. The number of thiophene rings is 2. The van der Waals surface area contributed by atoms with E-state index in [-0.39, 0.29) is 17.2 Å². The molecule has 5 aromatic rings. The summed E-state index contributed by atoms with van der Waals surface area (Å²) in [6.45, 7) is 0. The molecule has 0 aliphatic heterocycles. The summed E-state index contributed by atoms with van der Waals surface area (Å²) in [4.78, 5) is 26.8. The Bertz CT molecular complexity index is 1430. The number of ether oxygens (including phenoxy) is 1. The minimum absolute atomic E-state index is 0.139. The van der Waals surface area contributed by atoms with Gasteiger partial charge in [0.2, 0.25) is 11.3 Å². The molecule has 148 valence electrons. The van der Waals surface area contributed by atoms with E-state index in [1.54, 1.807) is 43.5 Å². The lowest BCUT2D eigenvalue weighted by molar-refractivity contribution is 0.102. The molecule has 0 saturated heterocycles. The first kappa shape index (κ1) is 18.6. The average Bonchev–Trinajstić information content (AvgIpc) is 3.43. The van der Waals surface area contributed by atoms with Crippen LogP contribution in [0.2, 0.25) is 0 Å². The molecule has 1 amide bonds. The number of amides is 1. The van der Waals surface area contributed by atoms with Crippen LogP contribution in [0, 0.1) is 0 Å². The Balaban J connectivity index is 1.76. The summed E-state index contributed by atoms with van der Waals surface area (Å²) < 4.78 is 12.9. The Morgan fingerprint density at radius 3 is 2.57 bits per heavy atom. The third-order valence-corrected chi connectivity index (χ3v) is 6.78. The van der Waals surface area contributed by atoms with E-state index in [4.69, 9.17) is 9.15 Å². The van der Waals surface area contributed by atoms with Crippen LogP contribution in [-0.2, 0) is 0 Å². The standard InChI is InChI=1S/C23H15NO4S2/c1-27-14-10-8-13(9-11-14)18-19(25)21-20(15-5-2-3-6-16(15)30-21)28-23(18)24-22(26)17-7-4-12-29-17/h2-12H,1H3,(H,24,26). The third-order valence-electron chi connectivity index (χ3n) is 4.77. The molecule has 1 N–H and O–H groups in total. The number of carbonyl (C=O) groups is 1. The van der Waals surface area contributed by atoms with Crippen LogP contribution in [0.25, 0.3) is 31.5 Å². The Morgan fingerprint density at radius 1 is 1.03 bits per heavy atom. The molecule has 0 aliphatic carbocycles. The molecule has 0 saturated carbocycles. The van der Waals surface area contributed by atoms with Crippen molar-refractivity contribution in [3.05, 3.63) is 81.1 Å². The molecule has 0 aliphatic rings. The second-order valence-corrected chi connectivity index (χ2v) is 8.55. The molecule has 7 heteroatoms. The Hall–Kier alpha value is -3.42. The number of methoxy groups -OCH3 is 1. The molecule has 3 heterocycles. The van der Waals surface area contributed by atoms with Gasteiger partial charge in [0.15, 0.2) is 5.58 Å². The van der Waals surface area contributed by atoms with Crippen LogP contribution in [0.15, 0.2) is 75.3 Å². The maximum Gasteiger partial charge on any atom is 0.268 e. The maximum absolute atomic E-state index is 13.5. The molecule has 0 radical (unpaired) electrons. The van der Waals surface area contributed by atoms with Crippen molar-refractivity contribution in [3.63, 3.8) is 0 Å². The number of anilines is 1. The molecule has 0 bridgehead atoms. The van der Waals surface area contributed by atoms with E-state index >= 15 is 0 Å². The molecular formula is C23H15NO4S2. The normalized spacial score (nSPS) is 11.1. The summed E-state index contributed by atoms with van der Waals surface area (Å²) in [6, 6.07) is 18.3. The molecule has 5 nitrogen and oxygen atoms in total. The quantitative estimate of drug-likeness (QED) is 0.378. The van der Waals surface area contributed by atoms with Gasteiger partial charge in [0.25, 0.3) is 5.91 Å². The first-order valence-corrected chi connectivity index (χ1v) is 10.8. The third kappa shape index (κ3) is 3.08. The molecule has 0 unspecified atom stereocenters. The zero-order valence-electron chi connectivity index (χ0n) is 15.8. The number of benzene rings is 2. The first-order valence-electron chi connectivity index (χ1n) is 9.13. The molecular weight excluding hydrogens is 418 g/mol. The summed E-state index contributed by atoms with van der Waals surface area (Å²) in [6.07, 6.45) is 0. The minimum Gasteiger partial charge on any atom is -0.497 e. The highest BCUT2D eigenvalue weighted by Crippen LogP contribution is 2.37. The first-order chi connectivity index (χ1) is 14.7. The highest BCUT2D eigenvalue weighted by molar-refractivity contribution is 7.25. The molecule has 2 aromatic carbocycles. The van der Waals surface area contributed by atoms with Gasteiger partial charge in [-0.2, -0.15) is 0 Å². The Kier molecular flexibility index (Phi) is 4.61. The van der Waals surface area contributed by atoms with Gasteiger partial charge in [0, 0.05) is 10.1 Å². The second-order valence-electron chi connectivity index (χ2n) is 6.55. The van der Waals surface area contributed by atoms with Crippen molar-refractivity contribution in [2.45, 2.75) is 0 Å². The van der Waals surface area contributed by atoms with Gasteiger partial charge in [-0.15, -0.1) is 22.7 Å². The molecule has 30 heavy (non-hydrogen) atoms. The lowest BCUT2D eigenvalue weighted by Gasteiger charge is -2.10. The van der Waals surface area contributed by atoms with E-state index in [9.17, 15) is 9.59 Å². The zero-order chi connectivity index (χ0) is 20.7. The average molecular weight is 434 g/mol. The van der Waals surface area contributed by atoms with Crippen molar-refractivity contribution in [2.75, 3.05) is 12.4 Å². The Morgan fingerprint density at radius 2 is 1.83 bits per heavy atom. The van der Waals surface area contributed by atoms with Crippen LogP contribution in [0.3, 0.4) is 0 Å². The van der Waals surface area contributed by atoms with Crippen molar-refractivity contribution >= 4 is 54.8 Å². The van der Waals surface area contributed by atoms with Crippen molar-refractivity contribution < 1.29 is 13.9 Å². The summed E-state index contributed by atoms with van der Waals surface area (Å²) in [7, 11) is 1.58. The van der Waals surface area contributed by atoms with Crippen LogP contribution in [-0.4, -0.2) is 13.0 Å². The summed E-state index contributed by atoms with van der Waals surface area (Å²) in [5.41, 5.74) is 1.27. The fourth-order valence-corrected chi connectivity index (χ4v) is 5.02. The van der Waals surface area contributed by atoms with Crippen molar-refractivity contribution in [1.29, 1.82) is 0 Å². The van der Waals surface area contributed by atoms with Crippen LogP contribution >= 0.6 is 22.7 Å². The summed E-state index contributed by atoms with van der Waals surface area (Å²) in [5, 5.41) is 5.48. The topological polar surface area (TPSA) is 68.5 Å². The predicted molar refractivity (Wildman–Crippen MR) is 122 cm³/mol. The van der Waals surface area contributed by atoms with Gasteiger partial charge in [-0.1, -0.05) is 30.3 Å². The fourth-order valence-electron chi connectivity index (χ4n) is 3.32.